The summed E-state index contributed by atoms with van der Waals surface area (Å²) in [5, 5.41) is 6.84. The molecule has 0 fully saturated rings. The monoisotopic (exact) mass is 343 g/mol. The number of anilines is 1. The zero-order valence-electron chi connectivity index (χ0n) is 8.44. The van der Waals surface area contributed by atoms with Crippen molar-refractivity contribution in [1.29, 1.82) is 0 Å². The van der Waals surface area contributed by atoms with Gasteiger partial charge in [-0.25, -0.2) is 0 Å². The van der Waals surface area contributed by atoms with Crippen LogP contribution in [0.25, 0.3) is 0 Å². The van der Waals surface area contributed by atoms with Crippen LogP contribution in [0.2, 0.25) is 0 Å². The van der Waals surface area contributed by atoms with Gasteiger partial charge in [-0.3, -0.25) is 4.79 Å². The Kier molecular flexibility index (Phi) is 3.95. The van der Waals surface area contributed by atoms with Crippen molar-refractivity contribution in [3.63, 3.8) is 0 Å². The molecule has 0 spiro atoms. The highest BCUT2D eigenvalue weighted by molar-refractivity contribution is 14.1. The third kappa shape index (κ3) is 3.31. The van der Waals surface area contributed by atoms with Crippen LogP contribution in [-0.4, -0.2) is 5.91 Å². The molecule has 0 saturated carbocycles. The van der Waals surface area contributed by atoms with Gasteiger partial charge in [0.05, 0.1) is 6.42 Å². The minimum Gasteiger partial charge on any atom is -0.326 e. The van der Waals surface area contributed by atoms with Crippen molar-refractivity contribution in [3.05, 3.63) is 50.2 Å². The fourth-order valence-corrected chi connectivity index (χ4v) is 2.35. The number of nitrogens with one attached hydrogen (secondary N) is 1. The highest BCUT2D eigenvalue weighted by Crippen LogP contribution is 2.12. The van der Waals surface area contributed by atoms with Crippen molar-refractivity contribution >= 4 is 45.5 Å². The van der Waals surface area contributed by atoms with E-state index >= 15 is 0 Å². The SMILES string of the molecule is O=C(Cc1ccsc1)Nc1ccc(I)cc1. The third-order valence-electron chi connectivity index (χ3n) is 2.07. The molecule has 0 bridgehead atoms. The van der Waals surface area contributed by atoms with Crippen LogP contribution in [0, 0.1) is 3.57 Å². The van der Waals surface area contributed by atoms with Gasteiger partial charge in [-0.15, -0.1) is 0 Å². The Morgan fingerprint density at radius 1 is 1.25 bits per heavy atom. The van der Waals surface area contributed by atoms with Crippen molar-refractivity contribution in [3.8, 4) is 0 Å². The van der Waals surface area contributed by atoms with E-state index in [9.17, 15) is 4.79 Å². The molecular formula is C12H10INOS. The van der Waals surface area contributed by atoms with Gasteiger partial charge in [-0.2, -0.15) is 11.3 Å². The normalized spacial score (nSPS) is 10.1. The van der Waals surface area contributed by atoms with E-state index in [4.69, 9.17) is 0 Å². The van der Waals surface area contributed by atoms with E-state index in [2.05, 4.69) is 27.9 Å². The van der Waals surface area contributed by atoms with E-state index in [0.717, 1.165) is 14.8 Å². The molecule has 4 heteroatoms. The van der Waals surface area contributed by atoms with Gasteiger partial charge in [0.2, 0.25) is 5.91 Å². The van der Waals surface area contributed by atoms with Crippen LogP contribution in [0.15, 0.2) is 41.1 Å². The molecule has 1 heterocycles. The number of rotatable bonds is 3. The standard InChI is InChI=1S/C12H10INOS/c13-10-1-3-11(4-2-10)14-12(15)7-9-5-6-16-8-9/h1-6,8H,7H2,(H,14,15). The first-order valence-corrected chi connectivity index (χ1v) is 6.83. The maximum atomic E-state index is 11.7. The quantitative estimate of drug-likeness (QED) is 0.849. The molecule has 2 aromatic rings. The lowest BCUT2D eigenvalue weighted by molar-refractivity contribution is -0.115. The molecule has 0 radical (unpaired) electrons. The predicted octanol–water partition coefficient (Wildman–Crippen LogP) is 3.53. The second-order valence-electron chi connectivity index (χ2n) is 3.36. The van der Waals surface area contributed by atoms with Crippen LogP contribution in [0.3, 0.4) is 0 Å². The van der Waals surface area contributed by atoms with Gasteiger partial charge in [0.1, 0.15) is 0 Å². The van der Waals surface area contributed by atoms with Crippen molar-refractivity contribution in [1.82, 2.24) is 0 Å². The summed E-state index contributed by atoms with van der Waals surface area (Å²) in [6, 6.07) is 9.74. The summed E-state index contributed by atoms with van der Waals surface area (Å²) in [6.07, 6.45) is 0.440. The fraction of sp³-hybridized carbons (Fsp3) is 0.0833. The summed E-state index contributed by atoms with van der Waals surface area (Å²) in [5.41, 5.74) is 1.91. The molecule has 2 nitrogen and oxygen atoms in total. The van der Waals surface area contributed by atoms with Crippen LogP contribution in [0.4, 0.5) is 5.69 Å². The number of halogens is 1. The minimum absolute atomic E-state index is 0.0274. The summed E-state index contributed by atoms with van der Waals surface area (Å²) in [7, 11) is 0. The number of hydrogen-bond acceptors (Lipinski definition) is 2. The van der Waals surface area contributed by atoms with E-state index in [0.29, 0.717) is 6.42 Å². The Morgan fingerprint density at radius 3 is 2.62 bits per heavy atom. The van der Waals surface area contributed by atoms with Crippen LogP contribution in [0.1, 0.15) is 5.56 Å². The Morgan fingerprint density at radius 2 is 2.00 bits per heavy atom. The predicted molar refractivity (Wildman–Crippen MR) is 75.8 cm³/mol. The zero-order valence-corrected chi connectivity index (χ0v) is 11.4. The molecule has 1 aromatic carbocycles. The number of thiophene rings is 1. The molecule has 0 aliphatic heterocycles. The van der Waals surface area contributed by atoms with Crippen LogP contribution >= 0.6 is 33.9 Å². The topological polar surface area (TPSA) is 29.1 Å². The summed E-state index contributed by atoms with van der Waals surface area (Å²) in [6.45, 7) is 0. The largest absolute Gasteiger partial charge is 0.326 e. The van der Waals surface area contributed by atoms with Gasteiger partial charge in [-0.1, -0.05) is 0 Å². The number of carbonyl (C=O) groups excluding carboxylic acids is 1. The Balaban J connectivity index is 1.95. The molecule has 1 N–H and O–H groups in total. The summed E-state index contributed by atoms with van der Waals surface area (Å²) >= 11 is 3.85. The molecule has 2 rings (SSSR count). The maximum Gasteiger partial charge on any atom is 0.228 e. The maximum absolute atomic E-state index is 11.7. The average molecular weight is 343 g/mol. The molecule has 16 heavy (non-hydrogen) atoms. The lowest BCUT2D eigenvalue weighted by Crippen LogP contribution is -2.13. The smallest absolute Gasteiger partial charge is 0.228 e. The van der Waals surface area contributed by atoms with Gasteiger partial charge in [-0.05, 0) is 69.2 Å². The number of carbonyl (C=O) groups is 1. The van der Waals surface area contributed by atoms with Crippen molar-refractivity contribution < 1.29 is 4.79 Å². The molecule has 0 unspecified atom stereocenters. The van der Waals surface area contributed by atoms with Gasteiger partial charge in [0.15, 0.2) is 0 Å². The van der Waals surface area contributed by atoms with Crippen LogP contribution in [-0.2, 0) is 11.2 Å². The summed E-state index contributed by atoms with van der Waals surface area (Å²) in [5.74, 6) is 0.0274. The second-order valence-corrected chi connectivity index (χ2v) is 5.39. The van der Waals surface area contributed by atoms with Gasteiger partial charge in [0.25, 0.3) is 0 Å². The molecule has 0 atom stereocenters. The number of amides is 1. The number of hydrogen-bond donors (Lipinski definition) is 1. The third-order valence-corrected chi connectivity index (χ3v) is 3.52. The summed E-state index contributed by atoms with van der Waals surface area (Å²) in [4.78, 5) is 11.7. The molecular weight excluding hydrogens is 333 g/mol. The van der Waals surface area contributed by atoms with Crippen molar-refractivity contribution in [2.24, 2.45) is 0 Å². The van der Waals surface area contributed by atoms with Crippen LogP contribution < -0.4 is 5.32 Å². The van der Waals surface area contributed by atoms with Gasteiger partial charge >= 0.3 is 0 Å². The first-order chi connectivity index (χ1) is 7.74. The molecule has 1 amide bonds. The lowest BCUT2D eigenvalue weighted by Gasteiger charge is -2.04. The molecule has 0 aliphatic carbocycles. The molecule has 0 saturated heterocycles. The van der Waals surface area contributed by atoms with E-state index < -0.39 is 0 Å². The average Bonchev–Trinajstić information content (AvgIpc) is 2.74. The second kappa shape index (κ2) is 5.45. The van der Waals surface area contributed by atoms with E-state index in [1.807, 2.05) is 41.1 Å². The van der Waals surface area contributed by atoms with Crippen molar-refractivity contribution in [2.75, 3.05) is 5.32 Å². The lowest BCUT2D eigenvalue weighted by atomic mass is 10.2. The summed E-state index contributed by atoms with van der Waals surface area (Å²) < 4.78 is 1.16. The Hall–Kier alpha value is -0.880. The molecule has 0 aliphatic rings. The Bertz CT molecular complexity index is 464. The first-order valence-electron chi connectivity index (χ1n) is 4.80. The van der Waals surface area contributed by atoms with E-state index in [-0.39, 0.29) is 5.91 Å². The molecule has 82 valence electrons. The molecule has 1 aromatic heterocycles. The highest BCUT2D eigenvalue weighted by Gasteiger charge is 2.03. The van der Waals surface area contributed by atoms with Crippen molar-refractivity contribution in [2.45, 2.75) is 6.42 Å². The highest BCUT2D eigenvalue weighted by atomic mass is 127. The van der Waals surface area contributed by atoms with Gasteiger partial charge in [0, 0.05) is 9.26 Å². The van der Waals surface area contributed by atoms with E-state index in [1.54, 1.807) is 11.3 Å². The fourth-order valence-electron chi connectivity index (χ4n) is 1.32. The zero-order chi connectivity index (χ0) is 11.4. The van der Waals surface area contributed by atoms with Gasteiger partial charge < -0.3 is 5.32 Å². The Labute approximate surface area is 112 Å². The number of benzene rings is 1. The van der Waals surface area contributed by atoms with Crippen LogP contribution in [0.5, 0.6) is 0 Å². The minimum atomic E-state index is 0.0274. The first kappa shape index (κ1) is 11.6. The van der Waals surface area contributed by atoms with E-state index in [1.165, 1.54) is 0 Å².